The first-order chi connectivity index (χ1) is 12.2. The molecule has 0 spiro atoms. The number of fused-ring (bicyclic) bond motifs is 1. The van der Waals surface area contributed by atoms with E-state index in [1.165, 1.54) is 0 Å². The average molecular weight is 325 g/mol. The van der Waals surface area contributed by atoms with Gasteiger partial charge in [0.2, 0.25) is 0 Å². The van der Waals surface area contributed by atoms with Gasteiger partial charge in [0.05, 0.1) is 11.9 Å². The summed E-state index contributed by atoms with van der Waals surface area (Å²) in [5, 5.41) is 8.93. The first-order valence-electron chi connectivity index (χ1n) is 7.93. The maximum Gasteiger partial charge on any atom is 0.140 e. The van der Waals surface area contributed by atoms with Gasteiger partial charge in [-0.1, -0.05) is 6.07 Å². The largest absolute Gasteiger partial charge is 0.296 e. The van der Waals surface area contributed by atoms with Gasteiger partial charge in [0.1, 0.15) is 17.4 Å². The van der Waals surface area contributed by atoms with E-state index < -0.39 is 0 Å². The summed E-state index contributed by atoms with van der Waals surface area (Å²) in [6.45, 7) is 4.18. The Hall–Kier alpha value is -3.52. The van der Waals surface area contributed by atoms with Gasteiger partial charge < -0.3 is 0 Å². The van der Waals surface area contributed by atoms with Crippen molar-refractivity contribution < 1.29 is 0 Å². The van der Waals surface area contributed by atoms with Crippen molar-refractivity contribution in [3.8, 4) is 28.5 Å². The Morgan fingerprint density at radius 1 is 1.00 bits per heavy atom. The highest BCUT2D eigenvalue weighted by Gasteiger charge is 2.15. The van der Waals surface area contributed by atoms with Gasteiger partial charge in [-0.15, -0.1) is 0 Å². The molecule has 4 rings (SSSR count). The molecular weight excluding hydrogens is 310 g/mol. The maximum atomic E-state index is 8.93. The molecule has 120 valence electrons. The van der Waals surface area contributed by atoms with Crippen molar-refractivity contribution in [1.29, 1.82) is 5.26 Å². The molecule has 0 N–H and O–H groups in total. The van der Waals surface area contributed by atoms with E-state index in [0.29, 0.717) is 5.69 Å². The van der Waals surface area contributed by atoms with Crippen molar-refractivity contribution in [2.75, 3.05) is 0 Å². The monoisotopic (exact) mass is 325 g/mol. The van der Waals surface area contributed by atoms with E-state index in [2.05, 4.69) is 45.3 Å². The third kappa shape index (κ3) is 2.45. The van der Waals surface area contributed by atoms with Gasteiger partial charge in [-0.2, -0.15) is 5.26 Å². The molecule has 0 aliphatic heterocycles. The van der Waals surface area contributed by atoms with E-state index >= 15 is 0 Å². The molecule has 0 aliphatic carbocycles. The molecular formula is C20H15N5. The molecule has 4 aromatic rings. The minimum atomic E-state index is 0.404. The van der Waals surface area contributed by atoms with E-state index in [4.69, 9.17) is 5.26 Å². The van der Waals surface area contributed by atoms with Crippen LogP contribution in [0.1, 0.15) is 17.0 Å². The second kappa shape index (κ2) is 5.84. The van der Waals surface area contributed by atoms with Crippen molar-refractivity contribution >= 4 is 5.65 Å². The Morgan fingerprint density at radius 2 is 1.88 bits per heavy atom. The molecule has 25 heavy (non-hydrogen) atoms. The number of nitriles is 1. The van der Waals surface area contributed by atoms with Crippen LogP contribution < -0.4 is 0 Å². The smallest absolute Gasteiger partial charge is 0.140 e. The predicted molar refractivity (Wildman–Crippen MR) is 95.8 cm³/mol. The van der Waals surface area contributed by atoms with Crippen molar-refractivity contribution in [3.05, 3.63) is 72.1 Å². The molecule has 5 heteroatoms. The van der Waals surface area contributed by atoms with Crippen LogP contribution in [0.5, 0.6) is 0 Å². The summed E-state index contributed by atoms with van der Waals surface area (Å²) in [7, 11) is 0. The van der Waals surface area contributed by atoms with E-state index in [9.17, 15) is 0 Å². The van der Waals surface area contributed by atoms with E-state index in [-0.39, 0.29) is 0 Å². The number of hydrogen-bond acceptors (Lipinski definition) is 4. The Morgan fingerprint density at radius 3 is 2.56 bits per heavy atom. The van der Waals surface area contributed by atoms with Crippen molar-refractivity contribution in [3.63, 3.8) is 0 Å². The topological polar surface area (TPSA) is 66.9 Å². The second-order valence-corrected chi connectivity index (χ2v) is 5.91. The fraction of sp³-hybridized carbons (Fsp3) is 0.100. The summed E-state index contributed by atoms with van der Waals surface area (Å²) in [5.41, 5.74) is 7.67. The van der Waals surface area contributed by atoms with Gasteiger partial charge in [0.25, 0.3) is 0 Å². The van der Waals surface area contributed by atoms with Crippen LogP contribution in [0.25, 0.3) is 28.0 Å². The van der Waals surface area contributed by atoms with Crippen molar-refractivity contribution in [1.82, 2.24) is 19.4 Å². The standard InChI is InChI=1S/C20H15N5/c1-13-8-19-24-12-18(15-5-6-17(9-21)23-11-15)25(19)14(2)20(13)16-4-3-7-22-10-16/h3-8,10-12H,1-2H3. The van der Waals surface area contributed by atoms with Gasteiger partial charge in [0, 0.05) is 41.0 Å². The average Bonchev–Trinajstić information content (AvgIpc) is 3.06. The van der Waals surface area contributed by atoms with E-state index in [1.54, 1.807) is 18.5 Å². The Labute approximate surface area is 145 Å². The molecule has 0 radical (unpaired) electrons. The molecule has 0 fully saturated rings. The number of hydrogen-bond donors (Lipinski definition) is 0. The summed E-state index contributed by atoms with van der Waals surface area (Å²) < 4.78 is 2.12. The van der Waals surface area contributed by atoms with Gasteiger partial charge in [-0.25, -0.2) is 9.97 Å². The van der Waals surface area contributed by atoms with Crippen LogP contribution in [0.3, 0.4) is 0 Å². The molecule has 0 amide bonds. The molecule has 0 unspecified atom stereocenters. The number of rotatable bonds is 2. The van der Waals surface area contributed by atoms with Gasteiger partial charge in [0.15, 0.2) is 0 Å². The number of aryl methyl sites for hydroxylation is 2. The molecule has 0 bridgehead atoms. The first kappa shape index (κ1) is 15.0. The molecule has 5 nitrogen and oxygen atoms in total. The lowest BCUT2D eigenvalue weighted by molar-refractivity contribution is 1.08. The summed E-state index contributed by atoms with van der Waals surface area (Å²) in [6, 6.07) is 11.8. The zero-order valence-corrected chi connectivity index (χ0v) is 13.9. The zero-order chi connectivity index (χ0) is 17.4. The van der Waals surface area contributed by atoms with E-state index in [1.807, 2.05) is 30.6 Å². The zero-order valence-electron chi connectivity index (χ0n) is 13.9. The lowest BCUT2D eigenvalue weighted by Gasteiger charge is -2.14. The van der Waals surface area contributed by atoms with Gasteiger partial charge in [-0.3, -0.25) is 9.38 Å². The summed E-state index contributed by atoms with van der Waals surface area (Å²) in [4.78, 5) is 13.0. The quantitative estimate of drug-likeness (QED) is 0.560. The number of pyridine rings is 3. The molecule has 0 saturated carbocycles. The third-order valence-electron chi connectivity index (χ3n) is 4.35. The predicted octanol–water partition coefficient (Wildman–Crippen LogP) is 3.95. The first-order valence-corrected chi connectivity index (χ1v) is 7.93. The summed E-state index contributed by atoms with van der Waals surface area (Å²) in [5.74, 6) is 0. The van der Waals surface area contributed by atoms with E-state index in [0.717, 1.165) is 39.3 Å². The van der Waals surface area contributed by atoms with Crippen LogP contribution in [0.2, 0.25) is 0 Å². The van der Waals surface area contributed by atoms with Crippen LogP contribution in [0.15, 0.2) is 55.1 Å². The summed E-state index contributed by atoms with van der Waals surface area (Å²) >= 11 is 0. The number of aromatic nitrogens is 4. The Kier molecular flexibility index (Phi) is 3.51. The van der Waals surface area contributed by atoms with Crippen LogP contribution >= 0.6 is 0 Å². The molecule has 0 aromatic carbocycles. The lowest BCUT2D eigenvalue weighted by atomic mass is 10.0. The molecule has 0 aliphatic rings. The highest BCUT2D eigenvalue weighted by molar-refractivity contribution is 5.74. The summed E-state index contributed by atoms with van der Waals surface area (Å²) in [6.07, 6.45) is 7.21. The number of nitrogens with zero attached hydrogens (tertiary/aromatic N) is 5. The minimum absolute atomic E-state index is 0.404. The lowest BCUT2D eigenvalue weighted by Crippen LogP contribution is -2.00. The highest BCUT2D eigenvalue weighted by Crippen LogP contribution is 2.31. The molecule has 4 aromatic heterocycles. The minimum Gasteiger partial charge on any atom is -0.296 e. The van der Waals surface area contributed by atoms with Gasteiger partial charge in [-0.05, 0) is 43.7 Å². The SMILES string of the molecule is Cc1cc2ncc(-c3ccc(C#N)nc3)n2c(C)c1-c1cccnc1. The molecule has 0 atom stereocenters. The maximum absolute atomic E-state index is 8.93. The fourth-order valence-electron chi connectivity index (χ4n) is 3.25. The van der Waals surface area contributed by atoms with Crippen LogP contribution in [0, 0.1) is 25.2 Å². The highest BCUT2D eigenvalue weighted by atomic mass is 15.0. The van der Waals surface area contributed by atoms with Crippen LogP contribution in [-0.4, -0.2) is 19.4 Å². The Balaban J connectivity index is 1.98. The Bertz CT molecular complexity index is 1100. The van der Waals surface area contributed by atoms with Crippen LogP contribution in [-0.2, 0) is 0 Å². The van der Waals surface area contributed by atoms with Crippen LogP contribution in [0.4, 0.5) is 0 Å². The second-order valence-electron chi connectivity index (χ2n) is 5.91. The van der Waals surface area contributed by atoms with Crippen molar-refractivity contribution in [2.24, 2.45) is 0 Å². The molecule has 4 heterocycles. The normalized spacial score (nSPS) is 10.8. The van der Waals surface area contributed by atoms with Gasteiger partial charge >= 0.3 is 0 Å². The molecule has 0 saturated heterocycles. The third-order valence-corrected chi connectivity index (χ3v) is 4.35. The number of imidazole rings is 1. The fourth-order valence-corrected chi connectivity index (χ4v) is 3.25. The van der Waals surface area contributed by atoms with Crippen molar-refractivity contribution in [2.45, 2.75) is 13.8 Å².